The number of carboxylic acid groups (broad SMARTS) is 1. The molecule has 0 saturated carbocycles. The predicted molar refractivity (Wildman–Crippen MR) is 113 cm³/mol. The minimum atomic E-state index is -1.27. The molecule has 0 fully saturated rings. The third-order valence-electron chi connectivity index (χ3n) is 5.89. The molecule has 0 bridgehead atoms. The standard InChI is InChI=1S/C22H17FN6O4/c1-11-5-24-19(25-6-11)13-4-17-21(29-10-26-27-20(13)29)28(22(30)31)7-14-15(23)2-3-16-18(14)12(8-32-16)9-33-17/h2-6,10,12H,7-9H2,1H3,(H,30,31)/t12-/m0/s1. The number of rotatable bonds is 1. The second-order valence-corrected chi connectivity index (χ2v) is 7.98. The Balaban J connectivity index is 1.60. The van der Waals surface area contributed by atoms with E-state index in [1.54, 1.807) is 24.5 Å². The van der Waals surface area contributed by atoms with E-state index in [4.69, 9.17) is 9.47 Å². The molecular weight excluding hydrogens is 431 g/mol. The van der Waals surface area contributed by atoms with Gasteiger partial charge in [0.15, 0.2) is 23.0 Å². The second-order valence-electron chi connectivity index (χ2n) is 7.98. The van der Waals surface area contributed by atoms with Crippen LogP contribution in [0.1, 0.15) is 22.6 Å². The van der Waals surface area contributed by atoms with Crippen molar-refractivity contribution in [3.8, 4) is 22.9 Å². The number of hydrogen-bond donors (Lipinski definition) is 1. The minimum absolute atomic E-state index is 0.172. The Kier molecular flexibility index (Phi) is 4.19. The van der Waals surface area contributed by atoms with E-state index in [-0.39, 0.29) is 36.2 Å². The molecule has 2 aliphatic heterocycles. The van der Waals surface area contributed by atoms with Crippen LogP contribution in [0.3, 0.4) is 0 Å². The molecule has 5 heterocycles. The molecule has 3 aromatic heterocycles. The number of nitrogens with zero attached hydrogens (tertiary/aromatic N) is 6. The number of anilines is 1. The highest BCUT2D eigenvalue weighted by molar-refractivity contribution is 5.90. The first-order valence-corrected chi connectivity index (χ1v) is 10.2. The fourth-order valence-electron chi connectivity index (χ4n) is 4.36. The van der Waals surface area contributed by atoms with Gasteiger partial charge in [0.2, 0.25) is 0 Å². The average Bonchev–Trinajstić information content (AvgIpc) is 3.45. The monoisotopic (exact) mass is 448 g/mol. The van der Waals surface area contributed by atoms with E-state index in [1.165, 1.54) is 16.8 Å². The van der Waals surface area contributed by atoms with Crippen molar-refractivity contribution in [2.75, 3.05) is 18.1 Å². The molecule has 1 aromatic carbocycles. The van der Waals surface area contributed by atoms with E-state index in [0.717, 1.165) is 10.5 Å². The van der Waals surface area contributed by atoms with Crippen molar-refractivity contribution in [2.45, 2.75) is 19.4 Å². The van der Waals surface area contributed by atoms with E-state index in [0.29, 0.717) is 35.0 Å². The van der Waals surface area contributed by atoms with Gasteiger partial charge in [-0.1, -0.05) is 0 Å². The van der Waals surface area contributed by atoms with Crippen LogP contribution in [0.4, 0.5) is 15.0 Å². The van der Waals surface area contributed by atoms with Crippen molar-refractivity contribution in [3.63, 3.8) is 0 Å². The summed E-state index contributed by atoms with van der Waals surface area (Å²) in [5, 5.41) is 18.3. The van der Waals surface area contributed by atoms with Crippen LogP contribution < -0.4 is 14.4 Å². The van der Waals surface area contributed by atoms with Gasteiger partial charge in [-0.25, -0.2) is 19.2 Å². The molecule has 33 heavy (non-hydrogen) atoms. The highest BCUT2D eigenvalue weighted by Gasteiger charge is 2.35. The van der Waals surface area contributed by atoms with E-state index in [1.807, 2.05) is 6.92 Å². The van der Waals surface area contributed by atoms with E-state index in [2.05, 4.69) is 20.2 Å². The zero-order valence-electron chi connectivity index (χ0n) is 17.4. The van der Waals surface area contributed by atoms with Gasteiger partial charge < -0.3 is 14.6 Å². The smallest absolute Gasteiger partial charge is 0.413 e. The Morgan fingerprint density at radius 1 is 1.18 bits per heavy atom. The molecule has 0 spiro atoms. The molecule has 1 atom stereocenters. The fraction of sp³-hybridized carbons (Fsp3) is 0.227. The summed E-state index contributed by atoms with van der Waals surface area (Å²) in [7, 11) is 0. The van der Waals surface area contributed by atoms with Gasteiger partial charge in [-0.05, 0) is 30.7 Å². The zero-order valence-corrected chi connectivity index (χ0v) is 17.4. The predicted octanol–water partition coefficient (Wildman–Crippen LogP) is 3.19. The lowest BCUT2D eigenvalue weighted by Crippen LogP contribution is -2.31. The molecule has 1 amide bonds. The summed E-state index contributed by atoms with van der Waals surface area (Å²) in [5.41, 5.74) is 2.68. The van der Waals surface area contributed by atoms with Gasteiger partial charge in [0.1, 0.15) is 17.9 Å². The van der Waals surface area contributed by atoms with Crippen LogP contribution in [-0.4, -0.2) is 49.0 Å². The zero-order chi connectivity index (χ0) is 22.7. The first-order valence-electron chi connectivity index (χ1n) is 10.2. The van der Waals surface area contributed by atoms with Crippen LogP contribution in [0.25, 0.3) is 17.0 Å². The summed E-state index contributed by atoms with van der Waals surface area (Å²) >= 11 is 0. The topological polar surface area (TPSA) is 115 Å². The number of aromatic nitrogens is 5. The molecule has 11 heteroatoms. The summed E-state index contributed by atoms with van der Waals surface area (Å²) in [6.07, 6.45) is 3.48. The first kappa shape index (κ1) is 19.4. The lowest BCUT2D eigenvalue weighted by molar-refractivity contribution is 0.200. The van der Waals surface area contributed by atoms with Gasteiger partial charge in [0, 0.05) is 23.5 Å². The molecule has 166 valence electrons. The normalized spacial score (nSPS) is 16.8. The second kappa shape index (κ2) is 7.12. The Morgan fingerprint density at radius 2 is 1.94 bits per heavy atom. The molecule has 0 saturated heterocycles. The Labute approximate surface area is 186 Å². The summed E-state index contributed by atoms with van der Waals surface area (Å²) < 4.78 is 28.3. The molecule has 0 radical (unpaired) electrons. The number of hydrogen-bond acceptors (Lipinski definition) is 7. The van der Waals surface area contributed by atoms with Gasteiger partial charge in [0.05, 0.1) is 31.2 Å². The van der Waals surface area contributed by atoms with Gasteiger partial charge in [-0.2, -0.15) is 0 Å². The van der Waals surface area contributed by atoms with Gasteiger partial charge in [-0.3, -0.25) is 9.30 Å². The number of fused-ring (bicyclic) bond motifs is 3. The van der Waals surface area contributed by atoms with Crippen molar-refractivity contribution in [3.05, 3.63) is 59.4 Å². The van der Waals surface area contributed by atoms with E-state index in [9.17, 15) is 14.3 Å². The maximum Gasteiger partial charge on any atom is 0.413 e. The summed E-state index contributed by atoms with van der Waals surface area (Å²) in [6, 6.07) is 4.51. The lowest BCUT2D eigenvalue weighted by atomic mass is 9.95. The fourth-order valence-corrected chi connectivity index (χ4v) is 4.36. The molecule has 2 aliphatic rings. The molecule has 1 N–H and O–H groups in total. The minimum Gasteiger partial charge on any atom is -0.493 e. The van der Waals surface area contributed by atoms with Gasteiger partial charge in [0.25, 0.3) is 0 Å². The Morgan fingerprint density at radius 3 is 2.70 bits per heavy atom. The Hall–Kier alpha value is -4.28. The van der Waals surface area contributed by atoms with Crippen LogP contribution in [0.5, 0.6) is 11.5 Å². The van der Waals surface area contributed by atoms with Crippen LogP contribution in [0, 0.1) is 12.7 Å². The summed E-state index contributed by atoms with van der Waals surface area (Å²) in [5.74, 6) is 0.639. The quantitative estimate of drug-likeness (QED) is 0.472. The number of benzene rings is 1. The molecule has 0 aliphatic carbocycles. The molecular formula is C22H17FN6O4. The van der Waals surface area contributed by atoms with E-state index >= 15 is 0 Å². The van der Waals surface area contributed by atoms with Crippen molar-refractivity contribution >= 4 is 17.6 Å². The van der Waals surface area contributed by atoms with Crippen LogP contribution >= 0.6 is 0 Å². The first-order chi connectivity index (χ1) is 16.0. The van der Waals surface area contributed by atoms with Crippen LogP contribution in [0.2, 0.25) is 0 Å². The van der Waals surface area contributed by atoms with Crippen LogP contribution in [-0.2, 0) is 6.54 Å². The van der Waals surface area contributed by atoms with Crippen molar-refractivity contribution in [1.82, 2.24) is 24.6 Å². The molecule has 4 aromatic rings. The highest BCUT2D eigenvalue weighted by Crippen LogP contribution is 2.43. The van der Waals surface area contributed by atoms with Crippen LogP contribution in [0.15, 0.2) is 36.9 Å². The SMILES string of the molecule is Cc1cnc(-c2cc3c(n4cnnc24)N(C(=O)O)Cc2c(F)ccc4c2[C@@H](CO4)CO3)nc1. The number of ether oxygens (including phenoxy) is 2. The number of carbonyl (C=O) groups is 1. The summed E-state index contributed by atoms with van der Waals surface area (Å²) in [4.78, 5) is 22.2. The van der Waals surface area contributed by atoms with Gasteiger partial charge >= 0.3 is 6.09 Å². The van der Waals surface area contributed by atoms with Crippen molar-refractivity contribution in [2.24, 2.45) is 0 Å². The number of amides is 1. The largest absolute Gasteiger partial charge is 0.493 e. The van der Waals surface area contributed by atoms with Crippen molar-refractivity contribution in [1.29, 1.82) is 0 Å². The molecule has 10 nitrogen and oxygen atoms in total. The molecule has 6 rings (SSSR count). The average molecular weight is 448 g/mol. The lowest BCUT2D eigenvalue weighted by Gasteiger charge is -2.23. The maximum atomic E-state index is 14.9. The van der Waals surface area contributed by atoms with Gasteiger partial charge in [-0.15, -0.1) is 10.2 Å². The van der Waals surface area contributed by atoms with E-state index < -0.39 is 11.9 Å². The highest BCUT2D eigenvalue weighted by atomic mass is 19.1. The van der Waals surface area contributed by atoms with Crippen molar-refractivity contribution < 1.29 is 23.8 Å². The third kappa shape index (κ3) is 2.96. The number of pyridine rings is 1. The third-order valence-corrected chi connectivity index (χ3v) is 5.89. The maximum absolute atomic E-state index is 14.9. The summed E-state index contributed by atoms with van der Waals surface area (Å²) in [6.45, 7) is 2.14. The number of aryl methyl sites for hydroxylation is 1. The molecule has 0 unspecified atom stereocenters. The Bertz CT molecular complexity index is 1420. The number of halogens is 1.